The summed E-state index contributed by atoms with van der Waals surface area (Å²) in [6.07, 6.45) is 1.83. The highest BCUT2D eigenvalue weighted by molar-refractivity contribution is 7.89. The number of nitrogens with zero attached hydrogens (tertiary/aromatic N) is 1. The van der Waals surface area contributed by atoms with Gasteiger partial charge in [-0.1, -0.05) is 0 Å². The second kappa shape index (κ2) is 6.54. The fourth-order valence-electron chi connectivity index (χ4n) is 1.85. The fraction of sp³-hybridized carbons (Fsp3) is 1.00. The van der Waals surface area contributed by atoms with Crippen molar-refractivity contribution in [3.8, 4) is 0 Å². The molecule has 5 nitrogen and oxygen atoms in total. The molecule has 6 heteroatoms. The van der Waals surface area contributed by atoms with Crippen molar-refractivity contribution < 1.29 is 8.42 Å². The first kappa shape index (κ1) is 13.9. The minimum Gasteiger partial charge on any atom is -0.316 e. The van der Waals surface area contributed by atoms with Gasteiger partial charge in [0.05, 0.1) is 5.75 Å². The monoisotopic (exact) mass is 249 g/mol. The molecule has 1 aliphatic rings. The molecule has 0 aromatic rings. The SMILES string of the molecule is CN(C)CCCNS(=O)(=O)CC1CCNC1. The van der Waals surface area contributed by atoms with Gasteiger partial charge < -0.3 is 10.2 Å². The first-order valence-electron chi connectivity index (χ1n) is 5.82. The van der Waals surface area contributed by atoms with E-state index in [9.17, 15) is 8.42 Å². The summed E-state index contributed by atoms with van der Waals surface area (Å²) in [5.74, 6) is 0.549. The number of sulfonamides is 1. The number of hydrogen-bond acceptors (Lipinski definition) is 4. The van der Waals surface area contributed by atoms with Crippen molar-refractivity contribution in [1.29, 1.82) is 0 Å². The second-order valence-corrected chi connectivity index (χ2v) is 6.54. The third-order valence-electron chi connectivity index (χ3n) is 2.72. The quantitative estimate of drug-likeness (QED) is 0.595. The Morgan fingerprint density at radius 2 is 2.19 bits per heavy atom. The maximum Gasteiger partial charge on any atom is 0.211 e. The summed E-state index contributed by atoms with van der Waals surface area (Å²) in [5, 5.41) is 3.18. The lowest BCUT2D eigenvalue weighted by molar-refractivity contribution is 0.400. The second-order valence-electron chi connectivity index (χ2n) is 4.69. The largest absolute Gasteiger partial charge is 0.316 e. The van der Waals surface area contributed by atoms with E-state index >= 15 is 0 Å². The molecule has 0 aliphatic carbocycles. The Bertz CT molecular complexity index is 284. The van der Waals surface area contributed by atoms with Gasteiger partial charge in [-0.2, -0.15) is 0 Å². The van der Waals surface area contributed by atoms with E-state index in [1.165, 1.54) is 0 Å². The van der Waals surface area contributed by atoms with Crippen LogP contribution in [0.15, 0.2) is 0 Å². The standard InChI is InChI=1S/C10H23N3O2S/c1-13(2)7-3-5-12-16(14,15)9-10-4-6-11-8-10/h10-12H,3-9H2,1-2H3. The molecule has 0 spiro atoms. The van der Waals surface area contributed by atoms with Gasteiger partial charge in [-0.05, 0) is 52.5 Å². The molecule has 1 unspecified atom stereocenters. The molecule has 1 heterocycles. The molecular formula is C10H23N3O2S. The first-order chi connectivity index (χ1) is 7.49. The molecule has 0 radical (unpaired) electrons. The van der Waals surface area contributed by atoms with Crippen molar-refractivity contribution in [3.05, 3.63) is 0 Å². The van der Waals surface area contributed by atoms with Crippen molar-refractivity contribution in [2.45, 2.75) is 12.8 Å². The number of hydrogen-bond donors (Lipinski definition) is 2. The lowest BCUT2D eigenvalue weighted by Gasteiger charge is -2.12. The molecule has 16 heavy (non-hydrogen) atoms. The molecule has 0 saturated carbocycles. The molecule has 0 aromatic carbocycles. The highest BCUT2D eigenvalue weighted by Crippen LogP contribution is 2.09. The van der Waals surface area contributed by atoms with Crippen molar-refractivity contribution >= 4 is 10.0 Å². The minimum absolute atomic E-state index is 0.266. The zero-order valence-electron chi connectivity index (χ0n) is 10.2. The van der Waals surface area contributed by atoms with Crippen LogP contribution in [-0.4, -0.2) is 59.3 Å². The Morgan fingerprint density at radius 3 is 2.75 bits per heavy atom. The zero-order valence-corrected chi connectivity index (χ0v) is 11.0. The summed E-state index contributed by atoms with van der Waals surface area (Å²) < 4.78 is 26.0. The normalized spacial score (nSPS) is 21.8. The highest BCUT2D eigenvalue weighted by atomic mass is 32.2. The van der Waals surface area contributed by atoms with Gasteiger partial charge in [-0.3, -0.25) is 0 Å². The Balaban J connectivity index is 2.18. The molecule has 0 bridgehead atoms. The lowest BCUT2D eigenvalue weighted by atomic mass is 10.2. The fourth-order valence-corrected chi connectivity index (χ4v) is 3.33. The van der Waals surface area contributed by atoms with E-state index in [1.807, 2.05) is 14.1 Å². The predicted octanol–water partition coefficient (Wildman–Crippen LogP) is -0.533. The maximum atomic E-state index is 11.7. The van der Waals surface area contributed by atoms with Gasteiger partial charge in [0.15, 0.2) is 0 Å². The van der Waals surface area contributed by atoms with Crippen LogP contribution in [0.4, 0.5) is 0 Å². The number of nitrogens with one attached hydrogen (secondary N) is 2. The molecule has 1 saturated heterocycles. The van der Waals surface area contributed by atoms with E-state index in [0.29, 0.717) is 6.54 Å². The van der Waals surface area contributed by atoms with Crippen LogP contribution in [0, 0.1) is 5.92 Å². The van der Waals surface area contributed by atoms with Crippen molar-refractivity contribution in [2.24, 2.45) is 5.92 Å². The molecule has 1 rings (SSSR count). The molecule has 2 N–H and O–H groups in total. The van der Waals surface area contributed by atoms with Crippen LogP contribution >= 0.6 is 0 Å². The van der Waals surface area contributed by atoms with Crippen LogP contribution in [-0.2, 0) is 10.0 Å². The van der Waals surface area contributed by atoms with Crippen LogP contribution < -0.4 is 10.0 Å². The Labute approximate surface area is 98.6 Å². The van der Waals surface area contributed by atoms with Crippen molar-refractivity contribution in [2.75, 3.05) is 46.0 Å². The van der Waals surface area contributed by atoms with Crippen LogP contribution in [0.5, 0.6) is 0 Å². The topological polar surface area (TPSA) is 61.4 Å². The molecule has 1 atom stereocenters. The van der Waals surface area contributed by atoms with Crippen LogP contribution in [0.25, 0.3) is 0 Å². The van der Waals surface area contributed by atoms with E-state index in [-0.39, 0.29) is 11.7 Å². The molecule has 1 aliphatic heterocycles. The number of rotatable bonds is 7. The summed E-state index contributed by atoms with van der Waals surface area (Å²) in [4.78, 5) is 2.05. The summed E-state index contributed by atoms with van der Waals surface area (Å²) >= 11 is 0. The third-order valence-corrected chi connectivity index (χ3v) is 4.28. The smallest absolute Gasteiger partial charge is 0.211 e. The lowest BCUT2D eigenvalue weighted by Crippen LogP contribution is -2.32. The maximum absolute atomic E-state index is 11.7. The van der Waals surface area contributed by atoms with Gasteiger partial charge >= 0.3 is 0 Å². The van der Waals surface area contributed by atoms with E-state index in [0.717, 1.165) is 32.5 Å². The van der Waals surface area contributed by atoms with Gasteiger partial charge in [-0.15, -0.1) is 0 Å². The van der Waals surface area contributed by atoms with Crippen molar-refractivity contribution in [1.82, 2.24) is 14.9 Å². The van der Waals surface area contributed by atoms with E-state index < -0.39 is 10.0 Å². The van der Waals surface area contributed by atoms with E-state index in [4.69, 9.17) is 0 Å². The van der Waals surface area contributed by atoms with Gasteiger partial charge in [0, 0.05) is 6.54 Å². The van der Waals surface area contributed by atoms with E-state index in [1.54, 1.807) is 0 Å². The molecule has 1 fully saturated rings. The molecular weight excluding hydrogens is 226 g/mol. The minimum atomic E-state index is -3.07. The third kappa shape index (κ3) is 5.79. The van der Waals surface area contributed by atoms with Gasteiger partial charge in [0.1, 0.15) is 0 Å². The molecule has 96 valence electrons. The van der Waals surface area contributed by atoms with Gasteiger partial charge in [0.2, 0.25) is 10.0 Å². The Kier molecular flexibility index (Phi) is 5.68. The molecule has 0 amide bonds. The summed E-state index contributed by atoms with van der Waals surface area (Å²) in [6.45, 7) is 3.23. The zero-order chi connectivity index (χ0) is 12.0. The average molecular weight is 249 g/mol. The Hall–Kier alpha value is -0.170. The predicted molar refractivity (Wildman–Crippen MR) is 65.9 cm³/mol. The summed E-state index contributed by atoms with van der Waals surface area (Å²) in [6, 6.07) is 0. The summed E-state index contributed by atoms with van der Waals surface area (Å²) in [5.41, 5.74) is 0. The first-order valence-corrected chi connectivity index (χ1v) is 7.47. The van der Waals surface area contributed by atoms with Gasteiger partial charge in [0.25, 0.3) is 0 Å². The average Bonchev–Trinajstić information content (AvgIpc) is 2.64. The molecule has 0 aromatic heterocycles. The van der Waals surface area contributed by atoms with Gasteiger partial charge in [-0.25, -0.2) is 13.1 Å². The van der Waals surface area contributed by atoms with Crippen LogP contribution in [0.1, 0.15) is 12.8 Å². The van der Waals surface area contributed by atoms with Crippen LogP contribution in [0.3, 0.4) is 0 Å². The van der Waals surface area contributed by atoms with Crippen molar-refractivity contribution in [3.63, 3.8) is 0 Å². The Morgan fingerprint density at radius 1 is 1.44 bits per heavy atom. The van der Waals surface area contributed by atoms with E-state index in [2.05, 4.69) is 14.9 Å². The highest BCUT2D eigenvalue weighted by Gasteiger charge is 2.21. The summed E-state index contributed by atoms with van der Waals surface area (Å²) in [7, 11) is 0.898. The van der Waals surface area contributed by atoms with Crippen LogP contribution in [0.2, 0.25) is 0 Å².